The second-order valence-corrected chi connectivity index (χ2v) is 7.27. The Balaban J connectivity index is 1.57. The predicted octanol–water partition coefficient (Wildman–Crippen LogP) is 1.98. The molecule has 0 radical (unpaired) electrons. The summed E-state index contributed by atoms with van der Waals surface area (Å²) in [5, 5.41) is 6.99. The molecule has 25 heavy (non-hydrogen) atoms. The highest BCUT2D eigenvalue weighted by atomic mass is 16.7. The van der Waals surface area contributed by atoms with Gasteiger partial charge in [-0.05, 0) is 39.7 Å². The van der Waals surface area contributed by atoms with Gasteiger partial charge < -0.3 is 14.6 Å². The van der Waals surface area contributed by atoms with Gasteiger partial charge in [0.1, 0.15) is 0 Å². The Morgan fingerprint density at radius 1 is 1.16 bits per heavy atom. The second-order valence-electron chi connectivity index (χ2n) is 7.27. The van der Waals surface area contributed by atoms with E-state index in [1.54, 1.807) is 12.4 Å². The van der Waals surface area contributed by atoms with Crippen molar-refractivity contribution in [2.24, 2.45) is 0 Å². The molecule has 0 atom stereocenters. The van der Waals surface area contributed by atoms with Gasteiger partial charge in [-0.1, -0.05) is 30.3 Å². The Morgan fingerprint density at radius 2 is 1.80 bits per heavy atom. The van der Waals surface area contributed by atoms with Crippen molar-refractivity contribution >= 4 is 18.6 Å². The first-order valence-electron chi connectivity index (χ1n) is 8.51. The summed E-state index contributed by atoms with van der Waals surface area (Å²) in [7, 11) is -0.518. The first-order valence-corrected chi connectivity index (χ1v) is 8.51. The minimum absolute atomic E-state index is 0.265. The number of aromatic nitrogens is 2. The average molecular weight is 341 g/mol. The summed E-state index contributed by atoms with van der Waals surface area (Å²) in [5.74, 6) is 0. The number of carbonyl (C=O) groups excluding carboxylic acids is 1. The van der Waals surface area contributed by atoms with Crippen LogP contribution in [0.4, 0.5) is 4.79 Å². The Morgan fingerprint density at radius 3 is 2.44 bits per heavy atom. The van der Waals surface area contributed by atoms with E-state index >= 15 is 0 Å². The zero-order valence-corrected chi connectivity index (χ0v) is 15.2. The Labute approximate surface area is 148 Å². The minimum Gasteiger partial charge on any atom is -0.399 e. The van der Waals surface area contributed by atoms with Crippen LogP contribution in [-0.4, -0.2) is 40.7 Å². The van der Waals surface area contributed by atoms with Crippen LogP contribution in [0, 0.1) is 0 Å². The SMILES string of the molecule is CC1(C)OB(c2cnn(C(=O)NCCc3ccccc3)c2)OC1(C)C. The number of hydrogen-bond acceptors (Lipinski definition) is 4. The molecule has 1 saturated heterocycles. The molecule has 0 aliphatic carbocycles. The topological polar surface area (TPSA) is 65.4 Å². The summed E-state index contributed by atoms with van der Waals surface area (Å²) in [6, 6.07) is 9.76. The fraction of sp³-hybridized carbons (Fsp3) is 0.444. The quantitative estimate of drug-likeness (QED) is 0.864. The van der Waals surface area contributed by atoms with Crippen molar-refractivity contribution < 1.29 is 14.1 Å². The highest BCUT2D eigenvalue weighted by Crippen LogP contribution is 2.36. The zero-order chi connectivity index (χ0) is 18.1. The Bertz CT molecular complexity index is 727. The van der Waals surface area contributed by atoms with E-state index in [1.165, 1.54) is 10.2 Å². The summed E-state index contributed by atoms with van der Waals surface area (Å²) >= 11 is 0. The van der Waals surface area contributed by atoms with E-state index in [1.807, 2.05) is 58.0 Å². The number of rotatable bonds is 4. The third kappa shape index (κ3) is 3.77. The third-order valence-corrected chi connectivity index (χ3v) is 4.87. The summed E-state index contributed by atoms with van der Waals surface area (Å²) in [6.45, 7) is 8.53. The van der Waals surface area contributed by atoms with Crippen molar-refractivity contribution in [3.63, 3.8) is 0 Å². The highest BCUT2D eigenvalue weighted by Gasteiger charge is 2.52. The van der Waals surface area contributed by atoms with Crippen LogP contribution in [0.2, 0.25) is 0 Å². The number of nitrogens with zero attached hydrogens (tertiary/aromatic N) is 2. The maximum atomic E-state index is 12.2. The van der Waals surface area contributed by atoms with Crippen LogP contribution in [-0.2, 0) is 15.7 Å². The molecule has 1 aliphatic rings. The van der Waals surface area contributed by atoms with Gasteiger partial charge in [-0.25, -0.2) is 4.79 Å². The second kappa shape index (κ2) is 6.65. The van der Waals surface area contributed by atoms with E-state index in [0.717, 1.165) is 11.9 Å². The number of benzene rings is 1. The van der Waals surface area contributed by atoms with E-state index in [4.69, 9.17) is 9.31 Å². The van der Waals surface area contributed by atoms with Crippen molar-refractivity contribution in [2.45, 2.75) is 45.3 Å². The molecule has 7 heteroatoms. The van der Waals surface area contributed by atoms with Gasteiger partial charge in [0.15, 0.2) is 0 Å². The van der Waals surface area contributed by atoms with Crippen molar-refractivity contribution in [1.29, 1.82) is 0 Å². The van der Waals surface area contributed by atoms with Crippen LogP contribution in [0.5, 0.6) is 0 Å². The van der Waals surface area contributed by atoms with E-state index < -0.39 is 18.3 Å². The molecule has 1 amide bonds. The molecule has 2 aromatic rings. The van der Waals surface area contributed by atoms with E-state index in [9.17, 15) is 4.79 Å². The molecule has 0 unspecified atom stereocenters. The molecule has 1 aromatic heterocycles. The molecular formula is C18H24BN3O3. The van der Waals surface area contributed by atoms with Crippen LogP contribution in [0.1, 0.15) is 33.3 Å². The smallest absolute Gasteiger partial charge is 0.399 e. The summed E-state index contributed by atoms with van der Waals surface area (Å²) < 4.78 is 13.2. The van der Waals surface area contributed by atoms with Crippen LogP contribution in [0.3, 0.4) is 0 Å². The van der Waals surface area contributed by atoms with E-state index in [2.05, 4.69) is 10.4 Å². The van der Waals surface area contributed by atoms with Gasteiger partial charge in [-0.15, -0.1) is 0 Å². The van der Waals surface area contributed by atoms with E-state index in [-0.39, 0.29) is 6.03 Å². The van der Waals surface area contributed by atoms with E-state index in [0.29, 0.717) is 6.54 Å². The third-order valence-electron chi connectivity index (χ3n) is 4.87. The predicted molar refractivity (Wildman–Crippen MR) is 96.9 cm³/mol. The van der Waals surface area contributed by atoms with Crippen LogP contribution in [0.25, 0.3) is 0 Å². The fourth-order valence-corrected chi connectivity index (χ4v) is 2.59. The maximum Gasteiger partial charge on any atom is 0.498 e. The number of hydrogen-bond donors (Lipinski definition) is 1. The van der Waals surface area contributed by atoms with Gasteiger partial charge >= 0.3 is 13.1 Å². The standard InChI is InChI=1S/C18H24BN3O3/c1-17(2)18(3,4)25-19(24-17)15-12-21-22(13-15)16(23)20-11-10-14-8-6-5-7-9-14/h5-9,12-13H,10-11H2,1-4H3,(H,20,23). The first-order chi connectivity index (χ1) is 11.8. The molecule has 132 valence electrons. The minimum atomic E-state index is -0.518. The van der Waals surface area contributed by atoms with Crippen molar-refractivity contribution in [2.75, 3.05) is 6.54 Å². The monoisotopic (exact) mass is 341 g/mol. The average Bonchev–Trinajstić information content (AvgIpc) is 3.12. The van der Waals surface area contributed by atoms with Crippen LogP contribution >= 0.6 is 0 Å². The molecule has 2 heterocycles. The molecule has 1 aromatic carbocycles. The lowest BCUT2D eigenvalue weighted by Gasteiger charge is -2.32. The Kier molecular flexibility index (Phi) is 4.71. The lowest BCUT2D eigenvalue weighted by molar-refractivity contribution is 0.00578. The Hall–Kier alpha value is -2.12. The van der Waals surface area contributed by atoms with Crippen LogP contribution in [0.15, 0.2) is 42.7 Å². The molecular weight excluding hydrogens is 317 g/mol. The molecule has 1 aliphatic heterocycles. The lowest BCUT2D eigenvalue weighted by Crippen LogP contribution is -2.41. The van der Waals surface area contributed by atoms with Gasteiger partial charge in [-0.2, -0.15) is 9.78 Å². The van der Waals surface area contributed by atoms with Gasteiger partial charge in [0.05, 0.1) is 11.2 Å². The maximum absolute atomic E-state index is 12.2. The van der Waals surface area contributed by atoms with Crippen molar-refractivity contribution in [3.05, 3.63) is 48.3 Å². The van der Waals surface area contributed by atoms with Crippen molar-refractivity contribution in [1.82, 2.24) is 15.1 Å². The molecule has 6 nitrogen and oxygen atoms in total. The molecule has 0 bridgehead atoms. The molecule has 3 rings (SSSR count). The number of amides is 1. The van der Waals surface area contributed by atoms with Crippen molar-refractivity contribution in [3.8, 4) is 0 Å². The molecule has 1 fully saturated rings. The number of nitrogens with one attached hydrogen (secondary N) is 1. The first kappa shape index (κ1) is 17.7. The highest BCUT2D eigenvalue weighted by molar-refractivity contribution is 6.62. The molecule has 0 saturated carbocycles. The van der Waals surface area contributed by atoms with Crippen LogP contribution < -0.4 is 10.8 Å². The lowest BCUT2D eigenvalue weighted by atomic mass is 9.82. The van der Waals surface area contributed by atoms with Gasteiger partial charge in [0.25, 0.3) is 0 Å². The summed E-state index contributed by atoms with van der Waals surface area (Å²) in [4.78, 5) is 12.2. The fourth-order valence-electron chi connectivity index (χ4n) is 2.59. The normalized spacial score (nSPS) is 18.3. The zero-order valence-electron chi connectivity index (χ0n) is 15.2. The molecule has 0 spiro atoms. The summed E-state index contributed by atoms with van der Waals surface area (Å²) in [5.41, 5.74) is 1.08. The summed E-state index contributed by atoms with van der Waals surface area (Å²) in [6.07, 6.45) is 4.04. The van der Waals surface area contributed by atoms with Gasteiger partial charge in [0, 0.05) is 24.4 Å². The number of carbonyl (C=O) groups is 1. The largest absolute Gasteiger partial charge is 0.498 e. The van der Waals surface area contributed by atoms with Gasteiger partial charge in [0.2, 0.25) is 0 Å². The molecule has 1 N–H and O–H groups in total. The van der Waals surface area contributed by atoms with Gasteiger partial charge in [-0.3, -0.25) is 0 Å².